The van der Waals surface area contributed by atoms with Gasteiger partial charge >= 0.3 is 5.97 Å². The van der Waals surface area contributed by atoms with Gasteiger partial charge in [0.15, 0.2) is 0 Å². The van der Waals surface area contributed by atoms with E-state index >= 15 is 0 Å². The number of nitrogens with zero attached hydrogens (tertiary/aromatic N) is 3. The van der Waals surface area contributed by atoms with E-state index in [4.69, 9.17) is 4.74 Å². The highest BCUT2D eigenvalue weighted by molar-refractivity contribution is 5.77. The molecule has 6 heteroatoms. The Bertz CT molecular complexity index is 1010. The molecule has 27 heavy (non-hydrogen) atoms. The van der Waals surface area contributed by atoms with Gasteiger partial charge in [0.05, 0.1) is 5.39 Å². The molecule has 3 aromatic rings. The van der Waals surface area contributed by atoms with Gasteiger partial charge in [-0.25, -0.2) is 4.79 Å². The maximum Gasteiger partial charge on any atom is 0.333 e. The fourth-order valence-electron chi connectivity index (χ4n) is 3.66. The minimum Gasteiger partial charge on any atom is -0.425 e. The van der Waals surface area contributed by atoms with Crippen LogP contribution in [-0.2, 0) is 11.3 Å². The smallest absolute Gasteiger partial charge is 0.333 e. The van der Waals surface area contributed by atoms with Crippen molar-refractivity contribution in [2.75, 3.05) is 0 Å². The summed E-state index contributed by atoms with van der Waals surface area (Å²) in [5.41, 5.74) is 1.45. The maximum absolute atomic E-state index is 12.4. The van der Waals surface area contributed by atoms with Crippen LogP contribution in [0.25, 0.3) is 10.9 Å². The summed E-state index contributed by atoms with van der Waals surface area (Å²) in [6.07, 6.45) is 6.33. The largest absolute Gasteiger partial charge is 0.425 e. The third kappa shape index (κ3) is 3.89. The second kappa shape index (κ2) is 7.70. The Hall–Kier alpha value is -3.02. The molecular formula is C21H21N3O3. The fourth-order valence-corrected chi connectivity index (χ4v) is 3.66. The van der Waals surface area contributed by atoms with E-state index in [1.807, 2.05) is 24.3 Å². The van der Waals surface area contributed by atoms with E-state index < -0.39 is 5.97 Å². The molecule has 0 bridgehead atoms. The summed E-state index contributed by atoms with van der Waals surface area (Å²) in [4.78, 5) is 24.6. The molecule has 0 radical (unpaired) electrons. The third-order valence-corrected chi connectivity index (χ3v) is 5.10. The molecule has 1 saturated carbocycles. The van der Waals surface area contributed by atoms with Gasteiger partial charge in [-0.15, -0.1) is 5.10 Å². The summed E-state index contributed by atoms with van der Waals surface area (Å²) >= 11 is 0. The molecular weight excluding hydrogens is 342 g/mol. The molecule has 0 aliphatic heterocycles. The molecule has 6 nitrogen and oxygen atoms in total. The van der Waals surface area contributed by atoms with Crippen LogP contribution in [0.2, 0.25) is 0 Å². The maximum atomic E-state index is 12.4. The van der Waals surface area contributed by atoms with E-state index in [0.29, 0.717) is 22.6 Å². The molecule has 0 spiro atoms. The Morgan fingerprint density at radius 1 is 1.04 bits per heavy atom. The number of carbonyl (C=O) groups excluding carboxylic acids is 1. The van der Waals surface area contributed by atoms with Crippen molar-refractivity contribution in [1.82, 2.24) is 15.0 Å². The Balaban J connectivity index is 1.43. The van der Waals surface area contributed by atoms with Gasteiger partial charge in [0, 0.05) is 0 Å². The highest BCUT2D eigenvalue weighted by Gasteiger charge is 2.16. The average molecular weight is 363 g/mol. The monoisotopic (exact) mass is 363 g/mol. The molecule has 0 atom stereocenters. The molecule has 2 aromatic carbocycles. The van der Waals surface area contributed by atoms with Gasteiger partial charge in [0.2, 0.25) is 0 Å². The Labute approximate surface area is 156 Å². The Kier molecular flexibility index (Phi) is 4.96. The van der Waals surface area contributed by atoms with Crippen molar-refractivity contribution in [2.45, 2.75) is 44.6 Å². The van der Waals surface area contributed by atoms with Crippen LogP contribution in [0.5, 0.6) is 5.75 Å². The van der Waals surface area contributed by atoms with Crippen molar-refractivity contribution in [1.29, 1.82) is 0 Å². The van der Waals surface area contributed by atoms with Crippen LogP contribution in [0.1, 0.15) is 43.6 Å². The van der Waals surface area contributed by atoms with Crippen molar-refractivity contribution in [3.8, 4) is 5.75 Å². The number of benzene rings is 2. The average Bonchev–Trinajstić information content (AvgIpc) is 2.71. The minimum absolute atomic E-state index is 0.277. The zero-order chi connectivity index (χ0) is 18.6. The first kappa shape index (κ1) is 17.4. The molecule has 0 amide bonds. The number of aromatic nitrogens is 3. The lowest BCUT2D eigenvalue weighted by atomic mass is 9.84. The molecule has 1 aliphatic rings. The second-order valence-corrected chi connectivity index (χ2v) is 6.95. The minimum atomic E-state index is -0.549. The van der Waals surface area contributed by atoms with Crippen molar-refractivity contribution in [3.63, 3.8) is 0 Å². The fraction of sp³-hybridized carbons (Fsp3) is 0.333. The highest BCUT2D eigenvalue weighted by Crippen LogP contribution is 2.33. The van der Waals surface area contributed by atoms with Gasteiger partial charge in [0.25, 0.3) is 5.56 Å². The molecule has 0 saturated heterocycles. The zero-order valence-corrected chi connectivity index (χ0v) is 15.0. The summed E-state index contributed by atoms with van der Waals surface area (Å²) in [6, 6.07) is 14.6. The highest BCUT2D eigenvalue weighted by atomic mass is 16.5. The zero-order valence-electron chi connectivity index (χ0n) is 15.0. The van der Waals surface area contributed by atoms with Crippen LogP contribution in [0.15, 0.2) is 53.3 Å². The second-order valence-electron chi connectivity index (χ2n) is 6.95. The number of esters is 1. The van der Waals surface area contributed by atoms with Gasteiger partial charge in [-0.1, -0.05) is 48.7 Å². The van der Waals surface area contributed by atoms with Crippen molar-refractivity contribution < 1.29 is 9.53 Å². The van der Waals surface area contributed by atoms with Gasteiger partial charge < -0.3 is 4.74 Å². The summed E-state index contributed by atoms with van der Waals surface area (Å²) < 4.78 is 6.39. The SMILES string of the molecule is O=C(Cn1nnc2ccccc2c1=O)Oc1ccc(C2CCCCC2)cc1. The van der Waals surface area contributed by atoms with Crippen LogP contribution in [0, 0.1) is 0 Å². The predicted molar refractivity (Wildman–Crippen MR) is 102 cm³/mol. The number of fused-ring (bicyclic) bond motifs is 1. The van der Waals surface area contributed by atoms with Crippen molar-refractivity contribution >= 4 is 16.9 Å². The lowest BCUT2D eigenvalue weighted by molar-refractivity contribution is -0.135. The van der Waals surface area contributed by atoms with Gasteiger partial charge in [-0.3, -0.25) is 4.79 Å². The summed E-state index contributed by atoms with van der Waals surface area (Å²) in [5, 5.41) is 8.22. The number of hydrogen-bond acceptors (Lipinski definition) is 5. The van der Waals surface area contributed by atoms with Gasteiger partial charge in [0.1, 0.15) is 17.8 Å². The van der Waals surface area contributed by atoms with Gasteiger partial charge in [-0.05, 0) is 48.6 Å². The molecule has 1 fully saturated rings. The number of hydrogen-bond donors (Lipinski definition) is 0. The quantitative estimate of drug-likeness (QED) is 0.524. The predicted octanol–water partition coefficient (Wildman–Crippen LogP) is 3.44. The van der Waals surface area contributed by atoms with E-state index in [1.165, 1.54) is 37.7 Å². The molecule has 138 valence electrons. The lowest BCUT2D eigenvalue weighted by Crippen LogP contribution is -2.29. The molecule has 1 heterocycles. The Morgan fingerprint density at radius 3 is 2.56 bits per heavy atom. The molecule has 0 N–H and O–H groups in total. The van der Waals surface area contributed by atoms with Gasteiger partial charge in [-0.2, -0.15) is 4.68 Å². The van der Waals surface area contributed by atoms with Crippen LogP contribution in [-0.4, -0.2) is 21.0 Å². The van der Waals surface area contributed by atoms with Crippen molar-refractivity contribution in [2.24, 2.45) is 0 Å². The first-order chi connectivity index (χ1) is 13.2. The van der Waals surface area contributed by atoms with E-state index in [2.05, 4.69) is 10.3 Å². The van der Waals surface area contributed by atoms with Crippen LogP contribution < -0.4 is 10.3 Å². The van der Waals surface area contributed by atoms with Crippen LogP contribution >= 0.6 is 0 Å². The van der Waals surface area contributed by atoms with E-state index in [9.17, 15) is 9.59 Å². The standard InChI is InChI=1S/C21H21N3O3/c25-20(14-24-21(26)18-8-4-5-9-19(18)22-23-24)27-17-12-10-16(11-13-17)15-6-2-1-3-7-15/h4-5,8-13,15H,1-3,6-7,14H2. The number of ether oxygens (including phenoxy) is 1. The molecule has 1 aliphatic carbocycles. The first-order valence-electron chi connectivity index (χ1n) is 9.34. The lowest BCUT2D eigenvalue weighted by Gasteiger charge is -2.22. The molecule has 0 unspecified atom stereocenters. The van der Waals surface area contributed by atoms with E-state index in [1.54, 1.807) is 24.3 Å². The van der Waals surface area contributed by atoms with E-state index in [0.717, 1.165) is 4.68 Å². The summed E-state index contributed by atoms with van der Waals surface area (Å²) in [5.74, 6) is 0.531. The summed E-state index contributed by atoms with van der Waals surface area (Å²) in [7, 11) is 0. The summed E-state index contributed by atoms with van der Waals surface area (Å²) in [6.45, 7) is -0.277. The number of carbonyl (C=O) groups is 1. The van der Waals surface area contributed by atoms with Crippen molar-refractivity contribution in [3.05, 3.63) is 64.4 Å². The number of rotatable bonds is 4. The third-order valence-electron chi connectivity index (χ3n) is 5.10. The first-order valence-corrected chi connectivity index (χ1v) is 9.34. The molecule has 4 rings (SSSR count). The molecule has 1 aromatic heterocycles. The Morgan fingerprint density at radius 2 is 1.78 bits per heavy atom. The normalized spacial score (nSPS) is 15.0. The van der Waals surface area contributed by atoms with E-state index in [-0.39, 0.29) is 12.1 Å². The topological polar surface area (TPSA) is 74.1 Å². The van der Waals surface area contributed by atoms with Crippen LogP contribution in [0.4, 0.5) is 0 Å². The van der Waals surface area contributed by atoms with Crippen LogP contribution in [0.3, 0.4) is 0 Å².